The second kappa shape index (κ2) is 5.54. The molecule has 18 heavy (non-hydrogen) atoms. The molecule has 0 bridgehead atoms. The van der Waals surface area contributed by atoms with Crippen LogP contribution in [0.1, 0.15) is 16.1 Å². The van der Waals surface area contributed by atoms with Gasteiger partial charge >= 0.3 is 5.97 Å². The zero-order valence-corrected chi connectivity index (χ0v) is 11.9. The highest BCUT2D eigenvalue weighted by atomic mass is 79.9. The average Bonchev–Trinajstić information content (AvgIpc) is 2.72. The second-order valence-electron chi connectivity index (χ2n) is 3.62. The smallest absolute Gasteiger partial charge is 0.357 e. The SMILES string of the molecule is COC(=O)c1c(Br)cnn1Cc1ccc(Cl)cc1. The fourth-order valence-electron chi connectivity index (χ4n) is 1.54. The minimum absolute atomic E-state index is 0.396. The van der Waals surface area contributed by atoms with E-state index in [1.807, 2.05) is 12.1 Å². The van der Waals surface area contributed by atoms with Crippen LogP contribution in [0.15, 0.2) is 34.9 Å². The van der Waals surface area contributed by atoms with Crippen molar-refractivity contribution in [3.63, 3.8) is 0 Å². The number of carbonyl (C=O) groups is 1. The van der Waals surface area contributed by atoms with Crippen molar-refractivity contribution >= 4 is 33.5 Å². The van der Waals surface area contributed by atoms with Crippen LogP contribution in [0, 0.1) is 0 Å². The number of rotatable bonds is 3. The van der Waals surface area contributed by atoms with Crippen LogP contribution in [0.2, 0.25) is 5.02 Å². The van der Waals surface area contributed by atoms with Crippen molar-refractivity contribution in [2.45, 2.75) is 6.54 Å². The molecule has 4 nitrogen and oxygen atoms in total. The first-order valence-corrected chi connectivity index (χ1v) is 6.33. The maximum Gasteiger partial charge on any atom is 0.357 e. The van der Waals surface area contributed by atoms with E-state index in [9.17, 15) is 4.79 Å². The molecular weight excluding hydrogens is 320 g/mol. The van der Waals surface area contributed by atoms with Crippen molar-refractivity contribution in [1.82, 2.24) is 9.78 Å². The molecule has 1 aromatic carbocycles. The fraction of sp³-hybridized carbons (Fsp3) is 0.167. The van der Waals surface area contributed by atoms with Crippen LogP contribution >= 0.6 is 27.5 Å². The Morgan fingerprint density at radius 2 is 2.11 bits per heavy atom. The van der Waals surface area contributed by atoms with E-state index in [2.05, 4.69) is 21.0 Å². The third-order valence-electron chi connectivity index (χ3n) is 2.42. The van der Waals surface area contributed by atoms with Crippen LogP contribution in [0.4, 0.5) is 0 Å². The zero-order valence-electron chi connectivity index (χ0n) is 9.56. The van der Waals surface area contributed by atoms with Gasteiger partial charge in [-0.2, -0.15) is 5.10 Å². The summed E-state index contributed by atoms with van der Waals surface area (Å²) in [5, 5.41) is 4.81. The molecule has 1 aromatic heterocycles. The molecule has 0 aliphatic carbocycles. The van der Waals surface area contributed by atoms with Gasteiger partial charge < -0.3 is 4.74 Å². The largest absolute Gasteiger partial charge is 0.464 e. The zero-order chi connectivity index (χ0) is 13.1. The standard InChI is InChI=1S/C12H10BrClN2O2/c1-18-12(17)11-10(13)6-15-16(11)7-8-2-4-9(14)5-3-8/h2-6H,7H2,1H3. The molecule has 94 valence electrons. The van der Waals surface area contributed by atoms with Crippen LogP contribution in [0.5, 0.6) is 0 Å². The van der Waals surface area contributed by atoms with Gasteiger partial charge in [0.1, 0.15) is 0 Å². The van der Waals surface area contributed by atoms with Gasteiger partial charge in [-0.05, 0) is 33.6 Å². The van der Waals surface area contributed by atoms with E-state index in [1.54, 1.807) is 23.0 Å². The molecule has 0 N–H and O–H groups in total. The number of hydrogen-bond donors (Lipinski definition) is 0. The molecule has 0 unspecified atom stereocenters. The number of ether oxygens (including phenoxy) is 1. The Kier molecular flexibility index (Phi) is 4.04. The number of esters is 1. The van der Waals surface area contributed by atoms with Gasteiger partial charge in [0.25, 0.3) is 0 Å². The fourth-order valence-corrected chi connectivity index (χ4v) is 2.13. The highest BCUT2D eigenvalue weighted by molar-refractivity contribution is 9.10. The Morgan fingerprint density at radius 3 is 2.72 bits per heavy atom. The number of methoxy groups -OCH3 is 1. The van der Waals surface area contributed by atoms with E-state index < -0.39 is 5.97 Å². The Hall–Kier alpha value is -1.33. The Labute approximate surface area is 118 Å². The number of hydrogen-bond acceptors (Lipinski definition) is 3. The predicted molar refractivity (Wildman–Crippen MR) is 71.8 cm³/mol. The molecule has 0 aliphatic rings. The molecule has 2 rings (SSSR count). The van der Waals surface area contributed by atoms with Crippen LogP contribution in [-0.2, 0) is 11.3 Å². The van der Waals surface area contributed by atoms with Gasteiger partial charge in [0.05, 0.1) is 24.3 Å². The van der Waals surface area contributed by atoms with Crippen molar-refractivity contribution in [3.8, 4) is 0 Å². The first-order valence-electron chi connectivity index (χ1n) is 5.16. The lowest BCUT2D eigenvalue weighted by Crippen LogP contribution is -2.13. The van der Waals surface area contributed by atoms with Gasteiger partial charge in [-0.1, -0.05) is 23.7 Å². The maximum absolute atomic E-state index is 11.6. The third kappa shape index (κ3) is 2.73. The lowest BCUT2D eigenvalue weighted by Gasteiger charge is -2.06. The summed E-state index contributed by atoms with van der Waals surface area (Å²) in [7, 11) is 1.34. The van der Waals surface area contributed by atoms with Crippen LogP contribution < -0.4 is 0 Å². The van der Waals surface area contributed by atoms with Gasteiger partial charge in [-0.3, -0.25) is 4.68 Å². The Balaban J connectivity index is 2.29. The minimum Gasteiger partial charge on any atom is -0.464 e. The van der Waals surface area contributed by atoms with Crippen molar-refractivity contribution in [3.05, 3.63) is 51.2 Å². The summed E-state index contributed by atoms with van der Waals surface area (Å²) in [5.41, 5.74) is 1.40. The van der Waals surface area contributed by atoms with Gasteiger partial charge in [-0.15, -0.1) is 0 Å². The van der Waals surface area contributed by atoms with Gasteiger partial charge in [0.15, 0.2) is 5.69 Å². The Bertz CT molecular complexity index is 566. The minimum atomic E-state index is -0.423. The monoisotopic (exact) mass is 328 g/mol. The van der Waals surface area contributed by atoms with Crippen LogP contribution in [-0.4, -0.2) is 22.9 Å². The lowest BCUT2D eigenvalue weighted by molar-refractivity contribution is 0.0586. The van der Waals surface area contributed by atoms with E-state index in [-0.39, 0.29) is 0 Å². The lowest BCUT2D eigenvalue weighted by atomic mass is 10.2. The second-order valence-corrected chi connectivity index (χ2v) is 4.91. The van der Waals surface area contributed by atoms with Crippen molar-refractivity contribution in [2.24, 2.45) is 0 Å². The molecular formula is C12H10BrClN2O2. The van der Waals surface area contributed by atoms with Crippen LogP contribution in [0.25, 0.3) is 0 Å². The molecule has 6 heteroatoms. The maximum atomic E-state index is 11.6. The van der Waals surface area contributed by atoms with E-state index in [0.717, 1.165) is 5.56 Å². The van der Waals surface area contributed by atoms with Crippen molar-refractivity contribution < 1.29 is 9.53 Å². The Morgan fingerprint density at radius 1 is 1.44 bits per heavy atom. The first-order chi connectivity index (χ1) is 8.61. The molecule has 2 aromatic rings. The highest BCUT2D eigenvalue weighted by Gasteiger charge is 2.17. The summed E-state index contributed by atoms with van der Waals surface area (Å²) < 4.78 is 6.92. The average molecular weight is 330 g/mol. The predicted octanol–water partition coefficient (Wildman–Crippen LogP) is 3.13. The van der Waals surface area contributed by atoms with Crippen molar-refractivity contribution in [1.29, 1.82) is 0 Å². The van der Waals surface area contributed by atoms with E-state index in [1.165, 1.54) is 7.11 Å². The number of halogens is 2. The number of nitrogens with zero attached hydrogens (tertiary/aromatic N) is 2. The summed E-state index contributed by atoms with van der Waals surface area (Å²) in [5.74, 6) is -0.423. The van der Waals surface area contributed by atoms with E-state index in [4.69, 9.17) is 16.3 Å². The summed E-state index contributed by atoms with van der Waals surface area (Å²) in [6.07, 6.45) is 1.57. The highest BCUT2D eigenvalue weighted by Crippen LogP contribution is 2.18. The summed E-state index contributed by atoms with van der Waals surface area (Å²) in [4.78, 5) is 11.6. The van der Waals surface area contributed by atoms with Crippen molar-refractivity contribution in [2.75, 3.05) is 7.11 Å². The molecule has 0 amide bonds. The molecule has 0 aliphatic heterocycles. The molecule has 0 radical (unpaired) electrons. The molecule has 1 heterocycles. The molecule has 0 atom stereocenters. The number of carbonyl (C=O) groups excluding carboxylic acids is 1. The van der Waals surface area contributed by atoms with Gasteiger partial charge in [0.2, 0.25) is 0 Å². The summed E-state index contributed by atoms with van der Waals surface area (Å²) in [6, 6.07) is 7.37. The summed E-state index contributed by atoms with van der Waals surface area (Å²) in [6.45, 7) is 0.479. The first kappa shape index (κ1) is 13.1. The molecule has 0 saturated heterocycles. The van der Waals surface area contributed by atoms with Crippen LogP contribution in [0.3, 0.4) is 0 Å². The number of aromatic nitrogens is 2. The third-order valence-corrected chi connectivity index (χ3v) is 3.25. The topological polar surface area (TPSA) is 44.1 Å². The van der Waals surface area contributed by atoms with E-state index in [0.29, 0.717) is 21.7 Å². The molecule has 0 saturated carbocycles. The number of benzene rings is 1. The normalized spacial score (nSPS) is 10.4. The van der Waals surface area contributed by atoms with E-state index >= 15 is 0 Å². The van der Waals surface area contributed by atoms with Gasteiger partial charge in [0, 0.05) is 5.02 Å². The van der Waals surface area contributed by atoms with Gasteiger partial charge in [-0.25, -0.2) is 4.79 Å². The summed E-state index contributed by atoms with van der Waals surface area (Å²) >= 11 is 9.10. The molecule has 0 fully saturated rings. The quantitative estimate of drug-likeness (QED) is 0.813. The molecule has 0 spiro atoms.